The Hall–Kier alpha value is -2.47. The molecular formula is C19H23F2N2O2+. The molecule has 0 aliphatic rings. The lowest BCUT2D eigenvalue weighted by atomic mass is 10.1. The lowest BCUT2D eigenvalue weighted by Crippen LogP contribution is -2.92. The maximum absolute atomic E-state index is 13.3. The first kappa shape index (κ1) is 18.9. The van der Waals surface area contributed by atoms with Crippen LogP contribution in [0.5, 0.6) is 5.75 Å². The van der Waals surface area contributed by atoms with Crippen molar-refractivity contribution < 1.29 is 23.6 Å². The van der Waals surface area contributed by atoms with E-state index in [2.05, 4.69) is 5.32 Å². The zero-order valence-electron chi connectivity index (χ0n) is 14.6. The monoisotopic (exact) mass is 349 g/mol. The molecule has 2 aromatic rings. The molecule has 134 valence electrons. The van der Waals surface area contributed by atoms with E-state index < -0.39 is 11.6 Å². The van der Waals surface area contributed by atoms with Crippen molar-refractivity contribution in [3.05, 3.63) is 65.2 Å². The third kappa shape index (κ3) is 5.26. The van der Waals surface area contributed by atoms with Crippen LogP contribution in [-0.4, -0.2) is 19.1 Å². The van der Waals surface area contributed by atoms with Crippen molar-refractivity contribution in [1.29, 1.82) is 0 Å². The van der Waals surface area contributed by atoms with Gasteiger partial charge >= 0.3 is 0 Å². The highest BCUT2D eigenvalue weighted by Crippen LogP contribution is 2.13. The van der Waals surface area contributed by atoms with Crippen molar-refractivity contribution in [1.82, 2.24) is 5.32 Å². The molecule has 0 spiro atoms. The molecule has 0 heterocycles. The van der Waals surface area contributed by atoms with Gasteiger partial charge in [-0.3, -0.25) is 4.79 Å². The van der Waals surface area contributed by atoms with Crippen molar-refractivity contribution in [3.8, 4) is 5.75 Å². The first-order valence-electron chi connectivity index (χ1n) is 8.11. The highest BCUT2D eigenvalue weighted by molar-refractivity contribution is 5.79. The molecule has 0 saturated heterocycles. The standard InChI is InChI=1S/C19H22F2N2O2/c1-12(15-6-9-17(20)18(21)10-15)23-13(2)19(24)22-11-14-4-7-16(25-3)8-5-14/h4-10,12-13,23H,11H2,1-3H3,(H,22,24)/p+1/t12-,13-/m0/s1. The van der Waals surface area contributed by atoms with Crippen molar-refractivity contribution in [2.45, 2.75) is 32.5 Å². The summed E-state index contributed by atoms with van der Waals surface area (Å²) < 4.78 is 31.4. The quantitative estimate of drug-likeness (QED) is 0.806. The number of benzene rings is 2. The number of halogens is 2. The summed E-state index contributed by atoms with van der Waals surface area (Å²) >= 11 is 0. The van der Waals surface area contributed by atoms with E-state index in [1.807, 2.05) is 36.5 Å². The first-order valence-corrected chi connectivity index (χ1v) is 8.11. The average Bonchev–Trinajstić information content (AvgIpc) is 2.62. The zero-order valence-corrected chi connectivity index (χ0v) is 14.6. The molecule has 25 heavy (non-hydrogen) atoms. The Kier molecular flexibility index (Phi) is 6.47. The summed E-state index contributed by atoms with van der Waals surface area (Å²) in [4.78, 5) is 12.2. The molecule has 1 amide bonds. The van der Waals surface area contributed by atoms with E-state index in [0.29, 0.717) is 12.1 Å². The molecule has 3 N–H and O–H groups in total. The number of quaternary nitrogens is 1. The smallest absolute Gasteiger partial charge is 0.278 e. The molecule has 0 aromatic heterocycles. The van der Waals surface area contributed by atoms with Crippen LogP contribution >= 0.6 is 0 Å². The number of hydrogen-bond donors (Lipinski definition) is 2. The molecule has 0 radical (unpaired) electrons. The van der Waals surface area contributed by atoms with Crippen LogP contribution in [0.2, 0.25) is 0 Å². The maximum atomic E-state index is 13.3. The number of rotatable bonds is 7. The Morgan fingerprint density at radius 3 is 2.40 bits per heavy atom. The van der Waals surface area contributed by atoms with Gasteiger partial charge in [0, 0.05) is 12.1 Å². The number of amides is 1. The van der Waals surface area contributed by atoms with E-state index in [4.69, 9.17) is 4.74 Å². The summed E-state index contributed by atoms with van der Waals surface area (Å²) in [6.07, 6.45) is 0. The molecule has 2 rings (SSSR count). The molecule has 0 aliphatic carbocycles. The minimum atomic E-state index is -0.880. The van der Waals surface area contributed by atoms with Gasteiger partial charge in [-0.05, 0) is 49.7 Å². The van der Waals surface area contributed by atoms with Gasteiger partial charge in [-0.15, -0.1) is 0 Å². The SMILES string of the molecule is COc1ccc(CNC(=O)[C@H](C)[NH2+][C@@H](C)c2ccc(F)c(F)c2)cc1. The van der Waals surface area contributed by atoms with Crippen molar-refractivity contribution in [3.63, 3.8) is 0 Å². The van der Waals surface area contributed by atoms with Crippen LogP contribution in [0.1, 0.15) is 31.0 Å². The number of nitrogens with two attached hydrogens (primary N) is 1. The molecule has 0 unspecified atom stereocenters. The van der Waals surface area contributed by atoms with E-state index in [1.54, 1.807) is 14.0 Å². The van der Waals surface area contributed by atoms with Gasteiger partial charge in [0.2, 0.25) is 0 Å². The summed E-state index contributed by atoms with van der Waals surface area (Å²) in [5.74, 6) is -1.11. The molecular weight excluding hydrogens is 326 g/mol. The number of ether oxygens (including phenoxy) is 1. The van der Waals surface area contributed by atoms with Crippen molar-refractivity contribution in [2.75, 3.05) is 7.11 Å². The zero-order chi connectivity index (χ0) is 18.4. The minimum absolute atomic E-state index is 0.120. The van der Waals surface area contributed by atoms with Crippen LogP contribution in [0.4, 0.5) is 8.78 Å². The molecule has 0 aliphatic heterocycles. The highest BCUT2D eigenvalue weighted by atomic mass is 19.2. The van der Waals surface area contributed by atoms with Crippen LogP contribution in [0.25, 0.3) is 0 Å². The van der Waals surface area contributed by atoms with Gasteiger partial charge in [0.15, 0.2) is 17.7 Å². The van der Waals surface area contributed by atoms with Gasteiger partial charge in [0.05, 0.1) is 7.11 Å². The van der Waals surface area contributed by atoms with E-state index in [0.717, 1.165) is 17.4 Å². The molecule has 2 aromatic carbocycles. The number of hydrogen-bond acceptors (Lipinski definition) is 2. The van der Waals surface area contributed by atoms with E-state index >= 15 is 0 Å². The summed E-state index contributed by atoms with van der Waals surface area (Å²) in [6.45, 7) is 4.04. The van der Waals surface area contributed by atoms with Crippen LogP contribution in [-0.2, 0) is 11.3 Å². The topological polar surface area (TPSA) is 54.9 Å². The molecule has 0 saturated carbocycles. The lowest BCUT2D eigenvalue weighted by Gasteiger charge is -2.17. The second-order valence-corrected chi connectivity index (χ2v) is 6.01. The lowest BCUT2D eigenvalue weighted by molar-refractivity contribution is -0.710. The fraction of sp³-hybridized carbons (Fsp3) is 0.316. The van der Waals surface area contributed by atoms with Crippen molar-refractivity contribution in [2.24, 2.45) is 0 Å². The Bertz CT molecular complexity index is 720. The van der Waals surface area contributed by atoms with E-state index in [9.17, 15) is 13.6 Å². The first-order chi connectivity index (χ1) is 11.9. The molecule has 0 fully saturated rings. The highest BCUT2D eigenvalue weighted by Gasteiger charge is 2.20. The normalized spacial score (nSPS) is 13.2. The summed E-state index contributed by atoms with van der Waals surface area (Å²) in [5, 5.41) is 4.68. The van der Waals surface area contributed by atoms with Gasteiger partial charge < -0.3 is 15.4 Å². The Labute approximate surface area is 146 Å². The predicted molar refractivity (Wildman–Crippen MR) is 91.0 cm³/mol. The predicted octanol–water partition coefficient (Wildman–Crippen LogP) is 2.30. The number of carbonyl (C=O) groups is 1. The summed E-state index contributed by atoms with van der Waals surface area (Å²) in [7, 11) is 1.60. The molecule has 2 atom stereocenters. The second kappa shape index (κ2) is 8.58. The minimum Gasteiger partial charge on any atom is -0.497 e. The van der Waals surface area contributed by atoms with Crippen LogP contribution in [0.3, 0.4) is 0 Å². The third-order valence-electron chi connectivity index (χ3n) is 4.09. The molecule has 4 nitrogen and oxygen atoms in total. The van der Waals surface area contributed by atoms with Gasteiger partial charge in [-0.25, -0.2) is 8.78 Å². The van der Waals surface area contributed by atoms with Crippen LogP contribution in [0.15, 0.2) is 42.5 Å². The number of methoxy groups -OCH3 is 1. The second-order valence-electron chi connectivity index (χ2n) is 6.01. The van der Waals surface area contributed by atoms with Gasteiger partial charge in [-0.1, -0.05) is 12.1 Å². The van der Waals surface area contributed by atoms with Crippen LogP contribution < -0.4 is 15.4 Å². The largest absolute Gasteiger partial charge is 0.497 e. The fourth-order valence-corrected chi connectivity index (χ4v) is 2.52. The van der Waals surface area contributed by atoms with Gasteiger partial charge in [0.25, 0.3) is 5.91 Å². The average molecular weight is 349 g/mol. The number of carbonyl (C=O) groups excluding carboxylic acids is 1. The number of nitrogens with one attached hydrogen (secondary N) is 1. The van der Waals surface area contributed by atoms with E-state index in [1.165, 1.54) is 12.1 Å². The van der Waals surface area contributed by atoms with E-state index in [-0.39, 0.29) is 18.0 Å². The Morgan fingerprint density at radius 1 is 1.12 bits per heavy atom. The van der Waals surface area contributed by atoms with Gasteiger partial charge in [0.1, 0.15) is 11.8 Å². The third-order valence-corrected chi connectivity index (χ3v) is 4.09. The Morgan fingerprint density at radius 2 is 1.80 bits per heavy atom. The van der Waals surface area contributed by atoms with Gasteiger partial charge in [-0.2, -0.15) is 0 Å². The Balaban J connectivity index is 1.87. The summed E-state index contributed by atoms with van der Waals surface area (Å²) in [6, 6.07) is 10.7. The fourth-order valence-electron chi connectivity index (χ4n) is 2.52. The van der Waals surface area contributed by atoms with Crippen molar-refractivity contribution >= 4 is 5.91 Å². The maximum Gasteiger partial charge on any atom is 0.278 e. The molecule has 0 bridgehead atoms. The van der Waals surface area contributed by atoms with Crippen LogP contribution in [0, 0.1) is 11.6 Å². The summed E-state index contributed by atoms with van der Waals surface area (Å²) in [5.41, 5.74) is 1.60. The molecule has 6 heteroatoms.